The van der Waals surface area contributed by atoms with Crippen LogP contribution < -0.4 is 5.32 Å². The summed E-state index contributed by atoms with van der Waals surface area (Å²) in [5, 5.41) is 3.46. The molecule has 0 saturated carbocycles. The fourth-order valence-corrected chi connectivity index (χ4v) is 2.94. The van der Waals surface area contributed by atoms with Gasteiger partial charge in [-0.3, -0.25) is 0 Å². The lowest BCUT2D eigenvalue weighted by atomic mass is 9.83. The van der Waals surface area contributed by atoms with Gasteiger partial charge in [0.15, 0.2) is 0 Å². The van der Waals surface area contributed by atoms with Gasteiger partial charge in [0.25, 0.3) is 0 Å². The molecule has 0 atom stereocenters. The van der Waals surface area contributed by atoms with E-state index in [0.29, 0.717) is 0 Å². The lowest BCUT2D eigenvalue weighted by Gasteiger charge is -2.27. The van der Waals surface area contributed by atoms with Gasteiger partial charge in [0.1, 0.15) is 0 Å². The molecule has 1 N–H and O–H groups in total. The average Bonchev–Trinajstić information content (AvgIpc) is 2.30. The van der Waals surface area contributed by atoms with Gasteiger partial charge in [-0.2, -0.15) is 0 Å². The van der Waals surface area contributed by atoms with Crippen molar-refractivity contribution in [2.75, 3.05) is 31.5 Å². The minimum atomic E-state index is 0.0803. The number of hydrogen-bond donors (Lipinski definition) is 1. The van der Waals surface area contributed by atoms with Crippen LogP contribution in [-0.4, -0.2) is 31.1 Å². The van der Waals surface area contributed by atoms with Crippen LogP contribution >= 0.6 is 24.4 Å². The summed E-state index contributed by atoms with van der Waals surface area (Å²) in [5.74, 6) is 0. The largest absolute Gasteiger partial charge is 0.382 e. The van der Waals surface area contributed by atoms with Crippen molar-refractivity contribution in [1.29, 1.82) is 0 Å². The van der Waals surface area contributed by atoms with Gasteiger partial charge in [0, 0.05) is 18.7 Å². The minimum Gasteiger partial charge on any atom is -0.382 e. The molecule has 0 aromatic heterocycles. The molecule has 0 spiro atoms. The van der Waals surface area contributed by atoms with E-state index in [-0.39, 0.29) is 5.41 Å². The van der Waals surface area contributed by atoms with Crippen molar-refractivity contribution in [3.63, 3.8) is 0 Å². The third-order valence-corrected chi connectivity index (χ3v) is 4.23. The van der Waals surface area contributed by atoms with Crippen LogP contribution in [0.15, 0.2) is 0 Å². The Labute approximate surface area is 121 Å². The molecule has 0 fully saturated rings. The molecule has 0 saturated heterocycles. The maximum Gasteiger partial charge on any atom is 0.0796 e. The Bertz CT molecular complexity index is 461. The quantitative estimate of drug-likeness (QED) is 0.792. The fraction of sp³-hybridized carbons (Fsp3) is 0.714. The number of hydrogen-bond acceptors (Lipinski definition) is 4. The second kappa shape index (κ2) is 6.22. The molecule has 18 heavy (non-hydrogen) atoms. The highest BCUT2D eigenvalue weighted by Crippen LogP contribution is 2.36. The van der Waals surface area contributed by atoms with Gasteiger partial charge >= 0.3 is 0 Å². The number of nitrogens with one attached hydrogen (secondary N) is 1. The van der Waals surface area contributed by atoms with Gasteiger partial charge in [0.05, 0.1) is 14.7 Å². The van der Waals surface area contributed by atoms with Crippen molar-refractivity contribution in [1.82, 2.24) is 4.90 Å². The molecule has 1 aromatic rings. The third-order valence-electron chi connectivity index (χ3n) is 3.28. The summed E-state index contributed by atoms with van der Waals surface area (Å²) in [7, 11) is 0. The third kappa shape index (κ3) is 3.37. The summed E-state index contributed by atoms with van der Waals surface area (Å²) < 4.78 is 1.72. The SMILES string of the molecule is CCN(CC)CCNc1c(C(C)(C)C)c(=S)c1=S. The fourth-order valence-electron chi connectivity index (χ4n) is 2.15. The predicted octanol–water partition coefficient (Wildman–Crippen LogP) is 4.07. The Kier molecular flexibility index (Phi) is 5.44. The normalized spacial score (nSPS) is 12.3. The molecule has 102 valence electrons. The van der Waals surface area contributed by atoms with E-state index in [9.17, 15) is 0 Å². The summed E-state index contributed by atoms with van der Waals surface area (Å²) in [5.41, 5.74) is 2.41. The maximum atomic E-state index is 5.35. The molecule has 0 bridgehead atoms. The highest BCUT2D eigenvalue weighted by atomic mass is 32.1. The van der Waals surface area contributed by atoms with Crippen molar-refractivity contribution < 1.29 is 0 Å². The Hall–Kier alpha value is -0.320. The van der Waals surface area contributed by atoms with E-state index in [1.165, 1.54) is 5.56 Å². The number of likely N-dealkylation sites (N-methyl/N-ethyl adjacent to an activating group) is 1. The maximum absolute atomic E-state index is 5.35. The van der Waals surface area contributed by atoms with Crippen LogP contribution in [0.5, 0.6) is 0 Å². The minimum absolute atomic E-state index is 0.0803. The molecular weight excluding hydrogens is 260 g/mol. The number of anilines is 1. The van der Waals surface area contributed by atoms with Crippen molar-refractivity contribution >= 4 is 30.1 Å². The monoisotopic (exact) mass is 284 g/mol. The summed E-state index contributed by atoms with van der Waals surface area (Å²) in [6.45, 7) is 15.1. The standard InChI is InChI=1S/C14H24N2S2/c1-6-16(7-2)9-8-15-11-10(14(3,4)5)12(17)13(11)18/h15H,6-9H2,1-5H3. The first-order valence-corrected chi connectivity index (χ1v) is 7.44. The molecule has 0 unspecified atom stereocenters. The second-order valence-corrected chi connectivity index (χ2v) is 6.43. The van der Waals surface area contributed by atoms with Crippen LogP contribution in [0.3, 0.4) is 0 Å². The highest BCUT2D eigenvalue weighted by Gasteiger charge is 2.25. The van der Waals surface area contributed by atoms with Gasteiger partial charge in [-0.1, -0.05) is 59.1 Å². The van der Waals surface area contributed by atoms with Gasteiger partial charge in [-0.05, 0) is 18.5 Å². The Balaban J connectivity index is 2.67. The summed E-state index contributed by atoms with van der Waals surface area (Å²) in [6, 6.07) is 0. The first kappa shape index (κ1) is 15.7. The zero-order chi connectivity index (χ0) is 13.9. The van der Waals surface area contributed by atoms with Crippen molar-refractivity contribution in [2.45, 2.75) is 40.0 Å². The summed E-state index contributed by atoms with van der Waals surface area (Å²) in [6.07, 6.45) is 0. The van der Waals surface area contributed by atoms with Crippen molar-refractivity contribution in [2.24, 2.45) is 0 Å². The van der Waals surface area contributed by atoms with Crippen LogP contribution in [-0.2, 0) is 5.41 Å². The topological polar surface area (TPSA) is 15.3 Å². The predicted molar refractivity (Wildman–Crippen MR) is 85.5 cm³/mol. The molecule has 0 heterocycles. The second-order valence-electron chi connectivity index (χ2n) is 5.61. The van der Waals surface area contributed by atoms with Crippen LogP contribution in [0, 0.1) is 9.02 Å². The molecule has 1 rings (SSSR count). The van der Waals surface area contributed by atoms with Crippen LogP contribution in [0.2, 0.25) is 0 Å². The summed E-state index contributed by atoms with van der Waals surface area (Å²) in [4.78, 5) is 2.39. The first-order valence-electron chi connectivity index (χ1n) is 6.62. The molecule has 2 nitrogen and oxygen atoms in total. The molecule has 0 aliphatic rings. The zero-order valence-corrected chi connectivity index (χ0v) is 13.7. The van der Waals surface area contributed by atoms with E-state index in [1.54, 1.807) is 0 Å². The van der Waals surface area contributed by atoms with Crippen molar-refractivity contribution in [3.8, 4) is 0 Å². The zero-order valence-electron chi connectivity index (χ0n) is 12.1. The van der Waals surface area contributed by atoms with E-state index in [1.807, 2.05) is 0 Å². The Morgan fingerprint density at radius 2 is 1.61 bits per heavy atom. The van der Waals surface area contributed by atoms with Crippen LogP contribution in [0.1, 0.15) is 40.2 Å². The molecule has 1 aromatic carbocycles. The average molecular weight is 284 g/mol. The molecule has 0 radical (unpaired) electrons. The Morgan fingerprint density at radius 3 is 2.06 bits per heavy atom. The lowest BCUT2D eigenvalue weighted by Crippen LogP contribution is -2.29. The molecule has 0 amide bonds. The van der Waals surface area contributed by atoms with Crippen molar-refractivity contribution in [3.05, 3.63) is 14.6 Å². The van der Waals surface area contributed by atoms with E-state index < -0.39 is 0 Å². The van der Waals surface area contributed by atoms with E-state index in [2.05, 4.69) is 44.8 Å². The Morgan fingerprint density at radius 1 is 1.06 bits per heavy atom. The van der Waals surface area contributed by atoms with Gasteiger partial charge in [0.2, 0.25) is 0 Å². The van der Waals surface area contributed by atoms with E-state index >= 15 is 0 Å². The molecular formula is C14H24N2S2. The number of nitrogens with zero attached hydrogens (tertiary/aromatic N) is 1. The van der Waals surface area contributed by atoms with E-state index in [0.717, 1.165) is 40.9 Å². The van der Waals surface area contributed by atoms with Crippen LogP contribution in [0.4, 0.5) is 5.69 Å². The summed E-state index contributed by atoms with van der Waals surface area (Å²) >= 11 is 10.7. The first-order chi connectivity index (χ1) is 8.32. The highest BCUT2D eigenvalue weighted by molar-refractivity contribution is 7.74. The van der Waals surface area contributed by atoms with Gasteiger partial charge < -0.3 is 10.2 Å². The van der Waals surface area contributed by atoms with Gasteiger partial charge in [-0.25, -0.2) is 0 Å². The van der Waals surface area contributed by atoms with Gasteiger partial charge in [-0.15, -0.1) is 0 Å². The van der Waals surface area contributed by atoms with E-state index in [4.69, 9.17) is 24.4 Å². The molecule has 4 heteroatoms. The smallest absolute Gasteiger partial charge is 0.0796 e. The number of rotatable bonds is 6. The molecule has 0 aliphatic heterocycles. The van der Waals surface area contributed by atoms with Crippen LogP contribution in [0.25, 0.3) is 0 Å². The molecule has 0 aliphatic carbocycles. The lowest BCUT2D eigenvalue weighted by molar-refractivity contribution is 0.316.